The lowest BCUT2D eigenvalue weighted by Crippen LogP contribution is -2.09. The van der Waals surface area contributed by atoms with Gasteiger partial charge in [0.2, 0.25) is 5.78 Å². The number of hydrogen-bond donors (Lipinski definition) is 0. The monoisotopic (exact) mass is 256 g/mol. The summed E-state index contributed by atoms with van der Waals surface area (Å²) in [6.07, 6.45) is 1.53. The second kappa shape index (κ2) is 2.94. The van der Waals surface area contributed by atoms with Crippen LogP contribution in [0.3, 0.4) is 0 Å². The van der Waals surface area contributed by atoms with Crippen LogP contribution in [-0.2, 0) is 4.74 Å². The summed E-state index contributed by atoms with van der Waals surface area (Å²) >= 11 is 3.30. The molecule has 3 nitrogen and oxygen atoms in total. The molecule has 14 heavy (non-hydrogen) atoms. The number of ether oxygens (including phenoxy) is 1. The van der Waals surface area contributed by atoms with Crippen LogP contribution in [0, 0.1) is 17.8 Å². The predicted octanol–water partition coefficient (Wildman–Crippen LogP) is 2.12. The molecule has 1 aliphatic heterocycles. The number of Topliss-reactive ketones (excluding diaryl/α,β-unsaturated/α-hetero) is 1. The fourth-order valence-corrected chi connectivity index (χ4v) is 2.65. The Labute approximate surface area is 89.5 Å². The van der Waals surface area contributed by atoms with Crippen molar-refractivity contribution in [2.45, 2.75) is 0 Å². The third kappa shape index (κ3) is 1.10. The molecule has 0 aromatic carbocycles. The van der Waals surface area contributed by atoms with Gasteiger partial charge in [-0.2, -0.15) is 0 Å². The van der Waals surface area contributed by atoms with Crippen molar-refractivity contribution in [1.82, 2.24) is 0 Å². The maximum Gasteiger partial charge on any atom is 0.202 e. The zero-order chi connectivity index (χ0) is 9.71. The van der Waals surface area contributed by atoms with Crippen LogP contribution in [0.15, 0.2) is 21.2 Å². The number of halogens is 1. The van der Waals surface area contributed by atoms with E-state index in [0.717, 1.165) is 17.7 Å². The Balaban J connectivity index is 1.82. The highest BCUT2D eigenvalue weighted by Gasteiger charge is 2.58. The predicted molar refractivity (Wildman–Crippen MR) is 52.0 cm³/mol. The van der Waals surface area contributed by atoms with Crippen molar-refractivity contribution in [2.75, 3.05) is 13.2 Å². The van der Waals surface area contributed by atoms with Crippen LogP contribution in [0.2, 0.25) is 0 Å². The van der Waals surface area contributed by atoms with Gasteiger partial charge in [-0.05, 0) is 33.8 Å². The van der Waals surface area contributed by atoms with Gasteiger partial charge in [0.1, 0.15) is 0 Å². The average molecular weight is 257 g/mol. The molecule has 1 aromatic heterocycles. The summed E-state index contributed by atoms with van der Waals surface area (Å²) in [5.41, 5.74) is 0. The van der Waals surface area contributed by atoms with Gasteiger partial charge in [0.25, 0.3) is 0 Å². The Hall–Kier alpha value is -0.610. The minimum Gasteiger partial charge on any atom is -0.460 e. The smallest absolute Gasteiger partial charge is 0.202 e. The van der Waals surface area contributed by atoms with Crippen molar-refractivity contribution in [2.24, 2.45) is 17.8 Å². The highest BCUT2D eigenvalue weighted by atomic mass is 79.9. The number of rotatable bonds is 2. The van der Waals surface area contributed by atoms with E-state index in [4.69, 9.17) is 9.15 Å². The highest BCUT2D eigenvalue weighted by molar-refractivity contribution is 9.10. The summed E-state index contributed by atoms with van der Waals surface area (Å²) in [7, 11) is 0. The molecule has 2 unspecified atom stereocenters. The molecule has 1 saturated carbocycles. The van der Waals surface area contributed by atoms with Crippen molar-refractivity contribution in [1.29, 1.82) is 0 Å². The highest BCUT2D eigenvalue weighted by Crippen LogP contribution is 2.52. The van der Waals surface area contributed by atoms with Gasteiger partial charge in [0, 0.05) is 5.92 Å². The number of ketones is 1. The van der Waals surface area contributed by atoms with Gasteiger partial charge in [-0.3, -0.25) is 4.79 Å². The first-order chi connectivity index (χ1) is 6.79. The third-order valence-electron chi connectivity index (χ3n) is 3.10. The molecular formula is C10H9BrO3. The van der Waals surface area contributed by atoms with Gasteiger partial charge in [-0.25, -0.2) is 0 Å². The van der Waals surface area contributed by atoms with Crippen LogP contribution in [-0.4, -0.2) is 19.0 Å². The van der Waals surface area contributed by atoms with E-state index in [1.807, 2.05) is 0 Å². The van der Waals surface area contributed by atoms with Crippen LogP contribution < -0.4 is 0 Å². The Bertz CT molecular complexity index is 374. The van der Waals surface area contributed by atoms with E-state index in [0.29, 0.717) is 17.6 Å². The fourth-order valence-electron chi connectivity index (χ4n) is 2.25. The van der Waals surface area contributed by atoms with Crippen molar-refractivity contribution in [3.05, 3.63) is 22.6 Å². The van der Waals surface area contributed by atoms with E-state index < -0.39 is 0 Å². The quantitative estimate of drug-likeness (QED) is 0.762. The van der Waals surface area contributed by atoms with Crippen molar-refractivity contribution < 1.29 is 13.9 Å². The van der Waals surface area contributed by atoms with E-state index in [9.17, 15) is 4.79 Å². The molecule has 1 aromatic rings. The summed E-state index contributed by atoms with van der Waals surface area (Å²) in [6, 6.07) is 1.75. The SMILES string of the molecule is O=C(c1occc1Br)C1C2COCC21. The van der Waals surface area contributed by atoms with E-state index in [1.165, 1.54) is 6.26 Å². The molecule has 2 atom stereocenters. The molecule has 2 aliphatic rings. The topological polar surface area (TPSA) is 39.4 Å². The lowest BCUT2D eigenvalue weighted by molar-refractivity contribution is 0.0866. The van der Waals surface area contributed by atoms with Crippen LogP contribution in [0.4, 0.5) is 0 Å². The summed E-state index contributed by atoms with van der Waals surface area (Å²) in [6.45, 7) is 1.47. The molecule has 4 heteroatoms. The fraction of sp³-hybridized carbons (Fsp3) is 0.500. The largest absolute Gasteiger partial charge is 0.460 e. The normalized spacial score (nSPS) is 34.2. The molecule has 0 amide bonds. The zero-order valence-corrected chi connectivity index (χ0v) is 8.99. The number of carbonyl (C=O) groups excluding carboxylic acids is 1. The maximum absolute atomic E-state index is 11.9. The summed E-state index contributed by atoms with van der Waals surface area (Å²) in [4.78, 5) is 11.9. The first kappa shape index (κ1) is 8.68. The van der Waals surface area contributed by atoms with E-state index in [2.05, 4.69) is 15.9 Å². The van der Waals surface area contributed by atoms with Gasteiger partial charge in [0.05, 0.1) is 23.9 Å². The van der Waals surface area contributed by atoms with Gasteiger partial charge in [-0.15, -0.1) is 0 Å². The van der Waals surface area contributed by atoms with Gasteiger partial charge in [-0.1, -0.05) is 0 Å². The molecule has 74 valence electrons. The van der Waals surface area contributed by atoms with Crippen LogP contribution in [0.1, 0.15) is 10.6 Å². The summed E-state index contributed by atoms with van der Waals surface area (Å²) in [5.74, 6) is 1.62. The van der Waals surface area contributed by atoms with Gasteiger partial charge < -0.3 is 9.15 Å². The van der Waals surface area contributed by atoms with Gasteiger partial charge >= 0.3 is 0 Å². The molecule has 0 N–H and O–H groups in total. The Kier molecular flexibility index (Phi) is 1.82. The minimum absolute atomic E-state index is 0.125. The standard InChI is InChI=1S/C10H9BrO3/c11-7-1-2-14-10(7)9(12)8-5-3-13-4-6(5)8/h1-2,5-6,8H,3-4H2. The Morgan fingerprint density at radius 2 is 2.14 bits per heavy atom. The number of furan rings is 1. The molecule has 2 heterocycles. The van der Waals surface area contributed by atoms with Crippen LogP contribution in [0.25, 0.3) is 0 Å². The molecule has 3 rings (SSSR count). The van der Waals surface area contributed by atoms with E-state index in [-0.39, 0.29) is 11.7 Å². The van der Waals surface area contributed by atoms with Crippen molar-refractivity contribution in [3.8, 4) is 0 Å². The molecule has 0 bridgehead atoms. The number of hydrogen-bond acceptors (Lipinski definition) is 3. The summed E-state index contributed by atoms with van der Waals surface area (Å²) in [5, 5.41) is 0. The van der Waals surface area contributed by atoms with Crippen LogP contribution in [0.5, 0.6) is 0 Å². The average Bonchev–Trinajstić information content (AvgIpc) is 2.57. The molecule has 2 fully saturated rings. The molecule has 1 saturated heterocycles. The second-order valence-electron chi connectivity index (χ2n) is 3.85. The maximum atomic E-state index is 11.9. The summed E-state index contributed by atoms with van der Waals surface area (Å²) < 4.78 is 11.2. The molecule has 0 radical (unpaired) electrons. The van der Waals surface area contributed by atoms with E-state index >= 15 is 0 Å². The molecule has 0 spiro atoms. The number of carbonyl (C=O) groups is 1. The Morgan fingerprint density at radius 3 is 2.71 bits per heavy atom. The lowest BCUT2D eigenvalue weighted by atomic mass is 10.1. The van der Waals surface area contributed by atoms with Crippen molar-refractivity contribution >= 4 is 21.7 Å². The molecule has 1 aliphatic carbocycles. The minimum atomic E-state index is 0.125. The number of fused-ring (bicyclic) bond motifs is 1. The third-order valence-corrected chi connectivity index (χ3v) is 3.72. The Morgan fingerprint density at radius 1 is 1.43 bits per heavy atom. The van der Waals surface area contributed by atoms with Crippen molar-refractivity contribution in [3.63, 3.8) is 0 Å². The van der Waals surface area contributed by atoms with Crippen LogP contribution >= 0.6 is 15.9 Å². The lowest BCUT2D eigenvalue weighted by Gasteiger charge is -2.01. The first-order valence-corrected chi connectivity index (χ1v) is 5.43. The van der Waals surface area contributed by atoms with E-state index in [1.54, 1.807) is 6.07 Å². The van der Waals surface area contributed by atoms with Gasteiger partial charge in [0.15, 0.2) is 5.76 Å². The first-order valence-electron chi connectivity index (χ1n) is 4.64. The second-order valence-corrected chi connectivity index (χ2v) is 4.71. The zero-order valence-electron chi connectivity index (χ0n) is 7.40. The molecular weight excluding hydrogens is 248 g/mol.